The molecule has 1 unspecified atom stereocenters. The van der Waals surface area contributed by atoms with Crippen LogP contribution in [-0.2, 0) is 0 Å². The smallest absolute Gasteiger partial charge is 0.173 e. The Balaban J connectivity index is 1.81. The Hall–Kier alpha value is -0.670. The van der Waals surface area contributed by atoms with Gasteiger partial charge in [-0.25, -0.2) is 0 Å². The summed E-state index contributed by atoms with van der Waals surface area (Å²) < 4.78 is 0. The number of piperidine rings is 1. The van der Waals surface area contributed by atoms with Gasteiger partial charge in [0.25, 0.3) is 0 Å². The Morgan fingerprint density at radius 3 is 3.06 bits per heavy atom. The van der Waals surface area contributed by atoms with Crippen LogP contribution in [-0.4, -0.2) is 18.4 Å². The molecular weight excluding hydrogens is 218 g/mol. The molecule has 0 radical (unpaired) electrons. The molecule has 0 aliphatic carbocycles. The predicted molar refractivity (Wildman–Crippen MR) is 68.3 cm³/mol. The fourth-order valence-electron chi connectivity index (χ4n) is 2.25. The molecule has 1 fully saturated rings. The number of hydrogen-bond donors (Lipinski definition) is 1. The van der Waals surface area contributed by atoms with Crippen molar-refractivity contribution in [1.29, 1.82) is 0 Å². The summed E-state index contributed by atoms with van der Waals surface area (Å²) in [5.74, 6) is 0.319. The van der Waals surface area contributed by atoms with Crippen LogP contribution in [0.3, 0.4) is 0 Å². The number of hydrogen-bond acceptors (Lipinski definition) is 3. The average molecular weight is 237 g/mol. The van der Waals surface area contributed by atoms with Crippen molar-refractivity contribution in [3.63, 3.8) is 0 Å². The average Bonchev–Trinajstić information content (AvgIpc) is 2.74. The van der Waals surface area contributed by atoms with Gasteiger partial charge in [0.2, 0.25) is 0 Å². The zero-order valence-corrected chi connectivity index (χ0v) is 10.6. The molecule has 2 nitrogen and oxygen atoms in total. The SMILES string of the molecule is Cc1ccsc1C(=O)CCC1CCCCN1. The number of rotatable bonds is 4. The Labute approximate surface area is 101 Å². The second-order valence-corrected chi connectivity index (χ2v) is 5.46. The quantitative estimate of drug-likeness (QED) is 0.815. The Morgan fingerprint density at radius 1 is 1.56 bits per heavy atom. The van der Waals surface area contributed by atoms with Crippen molar-refractivity contribution < 1.29 is 4.79 Å². The van der Waals surface area contributed by atoms with Crippen LogP contribution in [0.4, 0.5) is 0 Å². The van der Waals surface area contributed by atoms with Crippen molar-refractivity contribution in [2.45, 2.75) is 45.1 Å². The molecule has 1 N–H and O–H groups in total. The Kier molecular flexibility index (Phi) is 4.13. The van der Waals surface area contributed by atoms with Crippen LogP contribution in [0.5, 0.6) is 0 Å². The fourth-order valence-corrected chi connectivity index (χ4v) is 3.14. The number of aryl methyl sites for hydroxylation is 1. The van der Waals surface area contributed by atoms with Crippen LogP contribution in [0.15, 0.2) is 11.4 Å². The first-order valence-corrected chi connectivity index (χ1v) is 6.96. The molecule has 0 spiro atoms. The van der Waals surface area contributed by atoms with Gasteiger partial charge in [0.1, 0.15) is 0 Å². The van der Waals surface area contributed by atoms with E-state index in [9.17, 15) is 4.79 Å². The van der Waals surface area contributed by atoms with E-state index in [1.165, 1.54) is 19.3 Å². The van der Waals surface area contributed by atoms with Gasteiger partial charge in [0, 0.05) is 12.5 Å². The third-order valence-corrected chi connectivity index (χ3v) is 4.31. The van der Waals surface area contributed by atoms with E-state index in [0.717, 1.165) is 23.4 Å². The van der Waals surface area contributed by atoms with Crippen molar-refractivity contribution >= 4 is 17.1 Å². The molecule has 3 heteroatoms. The van der Waals surface area contributed by atoms with E-state index in [1.807, 2.05) is 18.4 Å². The first-order valence-electron chi connectivity index (χ1n) is 6.08. The van der Waals surface area contributed by atoms with Crippen molar-refractivity contribution in [2.75, 3.05) is 6.54 Å². The van der Waals surface area contributed by atoms with Crippen LogP contribution < -0.4 is 5.32 Å². The maximum absolute atomic E-state index is 12.0. The van der Waals surface area contributed by atoms with Crippen LogP contribution in [0.2, 0.25) is 0 Å². The standard InChI is InChI=1S/C13H19NOS/c1-10-7-9-16-13(10)12(15)6-5-11-4-2-3-8-14-11/h7,9,11,14H,2-6,8H2,1H3. The molecule has 1 aromatic heterocycles. The topological polar surface area (TPSA) is 29.1 Å². The minimum absolute atomic E-state index is 0.319. The number of ketones is 1. The zero-order chi connectivity index (χ0) is 11.4. The van der Waals surface area contributed by atoms with Gasteiger partial charge in [0.15, 0.2) is 5.78 Å². The first-order chi connectivity index (χ1) is 7.77. The van der Waals surface area contributed by atoms with Gasteiger partial charge in [-0.3, -0.25) is 4.79 Å². The highest BCUT2D eigenvalue weighted by Gasteiger charge is 2.16. The van der Waals surface area contributed by atoms with Gasteiger partial charge in [0.05, 0.1) is 4.88 Å². The molecule has 0 amide bonds. The van der Waals surface area contributed by atoms with Crippen LogP contribution in [0, 0.1) is 6.92 Å². The van der Waals surface area contributed by atoms with Gasteiger partial charge in [-0.1, -0.05) is 6.42 Å². The molecule has 0 saturated carbocycles. The number of carbonyl (C=O) groups excluding carboxylic acids is 1. The molecule has 1 saturated heterocycles. The summed E-state index contributed by atoms with van der Waals surface area (Å²) in [4.78, 5) is 12.9. The minimum Gasteiger partial charge on any atom is -0.314 e. The molecule has 0 bridgehead atoms. The third kappa shape index (κ3) is 2.92. The molecule has 88 valence electrons. The maximum atomic E-state index is 12.0. The van der Waals surface area contributed by atoms with Crippen molar-refractivity contribution in [3.8, 4) is 0 Å². The lowest BCUT2D eigenvalue weighted by atomic mass is 9.99. The predicted octanol–water partition coefficient (Wildman–Crippen LogP) is 3.16. The molecule has 1 aliphatic rings. The van der Waals surface area contributed by atoms with Gasteiger partial charge in [-0.05, 0) is 49.7 Å². The minimum atomic E-state index is 0.319. The van der Waals surface area contributed by atoms with Crippen LogP contribution >= 0.6 is 11.3 Å². The highest BCUT2D eigenvalue weighted by molar-refractivity contribution is 7.12. The van der Waals surface area contributed by atoms with E-state index in [2.05, 4.69) is 5.32 Å². The molecule has 16 heavy (non-hydrogen) atoms. The second-order valence-electron chi connectivity index (χ2n) is 4.54. The highest BCUT2D eigenvalue weighted by Crippen LogP contribution is 2.20. The summed E-state index contributed by atoms with van der Waals surface area (Å²) in [6, 6.07) is 2.59. The fraction of sp³-hybridized carbons (Fsp3) is 0.615. The Morgan fingerprint density at radius 2 is 2.44 bits per heavy atom. The monoisotopic (exact) mass is 237 g/mol. The summed E-state index contributed by atoms with van der Waals surface area (Å²) in [6.45, 7) is 3.14. The van der Waals surface area contributed by atoms with Crippen LogP contribution in [0.1, 0.15) is 47.3 Å². The number of nitrogens with one attached hydrogen (secondary N) is 1. The van der Waals surface area contributed by atoms with Gasteiger partial charge >= 0.3 is 0 Å². The normalized spacial score (nSPS) is 20.9. The van der Waals surface area contributed by atoms with E-state index >= 15 is 0 Å². The molecule has 2 heterocycles. The highest BCUT2D eigenvalue weighted by atomic mass is 32.1. The summed E-state index contributed by atoms with van der Waals surface area (Å²) in [7, 11) is 0. The van der Waals surface area contributed by atoms with Crippen molar-refractivity contribution in [3.05, 3.63) is 21.9 Å². The summed E-state index contributed by atoms with van der Waals surface area (Å²) in [5, 5.41) is 5.49. The number of Topliss-reactive ketones (excluding diaryl/α,β-unsaturated/α-hetero) is 1. The summed E-state index contributed by atoms with van der Waals surface area (Å²) in [6.07, 6.45) is 5.52. The third-order valence-electron chi connectivity index (χ3n) is 3.25. The van der Waals surface area contributed by atoms with E-state index in [1.54, 1.807) is 11.3 Å². The maximum Gasteiger partial charge on any atom is 0.173 e. The lowest BCUT2D eigenvalue weighted by Crippen LogP contribution is -2.34. The lowest BCUT2D eigenvalue weighted by molar-refractivity contribution is 0.0977. The molecule has 1 atom stereocenters. The molecule has 1 aliphatic heterocycles. The van der Waals surface area contributed by atoms with Crippen molar-refractivity contribution in [1.82, 2.24) is 5.32 Å². The van der Waals surface area contributed by atoms with Crippen molar-refractivity contribution in [2.24, 2.45) is 0 Å². The number of thiophene rings is 1. The summed E-state index contributed by atoms with van der Waals surface area (Å²) in [5.41, 5.74) is 1.13. The summed E-state index contributed by atoms with van der Waals surface area (Å²) >= 11 is 1.57. The van der Waals surface area contributed by atoms with Gasteiger partial charge < -0.3 is 5.32 Å². The zero-order valence-electron chi connectivity index (χ0n) is 9.79. The first kappa shape index (κ1) is 11.8. The lowest BCUT2D eigenvalue weighted by Gasteiger charge is -2.22. The number of carbonyl (C=O) groups is 1. The van der Waals surface area contributed by atoms with E-state index in [-0.39, 0.29) is 0 Å². The molecule has 0 aromatic carbocycles. The second kappa shape index (κ2) is 5.60. The van der Waals surface area contributed by atoms with E-state index in [4.69, 9.17) is 0 Å². The van der Waals surface area contributed by atoms with Gasteiger partial charge in [-0.2, -0.15) is 0 Å². The van der Waals surface area contributed by atoms with E-state index in [0.29, 0.717) is 18.2 Å². The largest absolute Gasteiger partial charge is 0.314 e. The van der Waals surface area contributed by atoms with Crippen LogP contribution in [0.25, 0.3) is 0 Å². The molecular formula is C13H19NOS. The molecule has 1 aromatic rings. The van der Waals surface area contributed by atoms with Gasteiger partial charge in [-0.15, -0.1) is 11.3 Å². The Bertz CT molecular complexity index is 353. The van der Waals surface area contributed by atoms with E-state index < -0.39 is 0 Å². The molecule has 2 rings (SSSR count).